The number of aryl methyl sites for hydroxylation is 1. The summed E-state index contributed by atoms with van der Waals surface area (Å²) in [4.78, 5) is 9.03. The van der Waals surface area contributed by atoms with Gasteiger partial charge in [-0.15, -0.1) is 0 Å². The van der Waals surface area contributed by atoms with Crippen molar-refractivity contribution in [3.63, 3.8) is 0 Å². The van der Waals surface area contributed by atoms with Crippen molar-refractivity contribution in [3.8, 4) is 0 Å². The Balaban J connectivity index is 2.18. The van der Waals surface area contributed by atoms with E-state index in [1.54, 1.807) is 0 Å². The lowest BCUT2D eigenvalue weighted by atomic mass is 9.71. The van der Waals surface area contributed by atoms with Crippen LogP contribution < -0.4 is 5.73 Å². The molecule has 2 unspecified atom stereocenters. The van der Waals surface area contributed by atoms with Crippen LogP contribution in [0.15, 0.2) is 18.5 Å². The third kappa shape index (κ3) is 1.86. The quantitative estimate of drug-likeness (QED) is 0.900. The Morgan fingerprint density at radius 1 is 1.47 bits per heavy atom. The number of hydrogen-bond donors (Lipinski definition) is 1. The molecule has 1 aliphatic rings. The highest BCUT2D eigenvalue weighted by atomic mass is 15.1. The summed E-state index contributed by atoms with van der Waals surface area (Å²) in [6, 6.07) is 2.25. The smallest absolute Gasteiger partial charge is 0.117 e. The van der Waals surface area contributed by atoms with E-state index in [9.17, 15) is 0 Å². The average molecular weight is 258 g/mol. The van der Waals surface area contributed by atoms with Gasteiger partial charge in [0.15, 0.2) is 0 Å². The van der Waals surface area contributed by atoms with Crippen molar-refractivity contribution >= 4 is 11.0 Å². The lowest BCUT2D eigenvalue weighted by Gasteiger charge is -2.39. The van der Waals surface area contributed by atoms with Gasteiger partial charge in [-0.1, -0.05) is 19.8 Å². The number of pyridine rings is 1. The Morgan fingerprint density at radius 2 is 2.32 bits per heavy atom. The second kappa shape index (κ2) is 4.60. The molecule has 0 radical (unpaired) electrons. The van der Waals surface area contributed by atoms with E-state index in [0.717, 1.165) is 30.7 Å². The summed E-state index contributed by atoms with van der Waals surface area (Å²) in [6.07, 6.45) is 8.40. The van der Waals surface area contributed by atoms with Gasteiger partial charge in [0.25, 0.3) is 0 Å². The molecule has 2 N–H and O–H groups in total. The molecule has 102 valence electrons. The molecular formula is C15H22N4. The van der Waals surface area contributed by atoms with Gasteiger partial charge < -0.3 is 10.3 Å². The van der Waals surface area contributed by atoms with Gasteiger partial charge in [0.1, 0.15) is 11.3 Å². The van der Waals surface area contributed by atoms with Crippen LogP contribution in [0.3, 0.4) is 0 Å². The predicted octanol–water partition coefficient (Wildman–Crippen LogP) is 2.61. The fraction of sp³-hybridized carbons (Fsp3) is 0.600. The third-order valence-corrected chi connectivity index (χ3v) is 4.66. The van der Waals surface area contributed by atoms with Crippen molar-refractivity contribution in [1.82, 2.24) is 14.5 Å². The first-order valence-corrected chi connectivity index (χ1v) is 7.23. The Kier molecular flexibility index (Phi) is 3.05. The maximum absolute atomic E-state index is 6.42. The molecule has 1 aliphatic carbocycles. The molecule has 1 fully saturated rings. The lowest BCUT2D eigenvalue weighted by molar-refractivity contribution is 0.252. The van der Waals surface area contributed by atoms with Crippen LogP contribution in [0.2, 0.25) is 0 Å². The fourth-order valence-corrected chi connectivity index (χ4v) is 3.38. The molecule has 2 aromatic heterocycles. The van der Waals surface area contributed by atoms with Gasteiger partial charge in [-0.05, 0) is 25.8 Å². The summed E-state index contributed by atoms with van der Waals surface area (Å²) in [5.74, 6) is 1.14. The molecule has 0 saturated heterocycles. The first-order chi connectivity index (χ1) is 9.16. The van der Waals surface area contributed by atoms with Gasteiger partial charge >= 0.3 is 0 Å². The number of rotatable bonds is 2. The highest BCUT2D eigenvalue weighted by Crippen LogP contribution is 2.38. The van der Waals surface area contributed by atoms with E-state index in [1.807, 2.05) is 18.5 Å². The molecule has 0 spiro atoms. The molecule has 0 aliphatic heterocycles. The van der Waals surface area contributed by atoms with Crippen molar-refractivity contribution < 1.29 is 0 Å². The molecular weight excluding hydrogens is 236 g/mol. The maximum atomic E-state index is 6.42. The van der Waals surface area contributed by atoms with Gasteiger partial charge in [0.05, 0.1) is 11.7 Å². The number of nitrogens with zero attached hydrogens (tertiary/aromatic N) is 3. The molecule has 2 atom stereocenters. The monoisotopic (exact) mass is 258 g/mol. The summed E-state index contributed by atoms with van der Waals surface area (Å²) in [5, 5.41) is 0. The van der Waals surface area contributed by atoms with E-state index < -0.39 is 0 Å². The first kappa shape index (κ1) is 12.6. The van der Waals surface area contributed by atoms with E-state index in [0.29, 0.717) is 0 Å². The second-order valence-corrected chi connectivity index (χ2v) is 5.81. The molecule has 2 aromatic rings. The number of hydrogen-bond acceptors (Lipinski definition) is 3. The van der Waals surface area contributed by atoms with Crippen LogP contribution in [0.1, 0.15) is 45.4 Å². The molecule has 1 saturated carbocycles. The lowest BCUT2D eigenvalue weighted by Crippen LogP contribution is -2.47. The van der Waals surface area contributed by atoms with Gasteiger partial charge in [-0.25, -0.2) is 4.98 Å². The van der Waals surface area contributed by atoms with E-state index in [4.69, 9.17) is 10.7 Å². The third-order valence-electron chi connectivity index (χ3n) is 4.66. The van der Waals surface area contributed by atoms with Crippen LogP contribution in [0.5, 0.6) is 0 Å². The van der Waals surface area contributed by atoms with Crippen LogP contribution in [0.4, 0.5) is 0 Å². The van der Waals surface area contributed by atoms with Crippen LogP contribution in [-0.2, 0) is 12.0 Å². The van der Waals surface area contributed by atoms with Gasteiger partial charge in [0.2, 0.25) is 0 Å². The Hall–Kier alpha value is -1.42. The zero-order valence-corrected chi connectivity index (χ0v) is 11.8. The van der Waals surface area contributed by atoms with Crippen molar-refractivity contribution in [2.24, 2.45) is 5.73 Å². The summed E-state index contributed by atoms with van der Waals surface area (Å²) in [6.45, 7) is 5.37. The minimum absolute atomic E-state index is 0.00667. The van der Waals surface area contributed by atoms with E-state index in [1.165, 1.54) is 18.4 Å². The number of nitrogens with two attached hydrogens (primary N) is 1. The van der Waals surface area contributed by atoms with Crippen LogP contribution >= 0.6 is 0 Å². The SMILES string of the molecule is CCn1c(C2(C)CCCCC2N)nc2cnccc21. The van der Waals surface area contributed by atoms with Crippen molar-refractivity contribution in [3.05, 3.63) is 24.3 Å². The van der Waals surface area contributed by atoms with Gasteiger partial charge in [-0.2, -0.15) is 0 Å². The fourth-order valence-electron chi connectivity index (χ4n) is 3.38. The Morgan fingerprint density at radius 3 is 3.05 bits per heavy atom. The summed E-state index contributed by atoms with van der Waals surface area (Å²) < 4.78 is 2.31. The summed E-state index contributed by atoms with van der Waals surface area (Å²) >= 11 is 0. The number of imidazole rings is 1. The van der Waals surface area contributed by atoms with E-state index >= 15 is 0 Å². The molecule has 4 heteroatoms. The molecule has 4 nitrogen and oxygen atoms in total. The first-order valence-electron chi connectivity index (χ1n) is 7.23. The van der Waals surface area contributed by atoms with Crippen molar-refractivity contribution in [2.45, 2.75) is 57.5 Å². The van der Waals surface area contributed by atoms with Crippen LogP contribution in [0, 0.1) is 0 Å². The molecule has 0 aromatic carbocycles. The van der Waals surface area contributed by atoms with Gasteiger partial charge in [-0.3, -0.25) is 4.98 Å². The highest BCUT2D eigenvalue weighted by Gasteiger charge is 2.39. The minimum Gasteiger partial charge on any atom is -0.328 e. The average Bonchev–Trinajstić information content (AvgIpc) is 2.81. The van der Waals surface area contributed by atoms with Gasteiger partial charge in [0, 0.05) is 24.2 Å². The molecule has 3 rings (SSSR count). The van der Waals surface area contributed by atoms with Crippen LogP contribution in [0.25, 0.3) is 11.0 Å². The summed E-state index contributed by atoms with van der Waals surface area (Å²) in [7, 11) is 0. The summed E-state index contributed by atoms with van der Waals surface area (Å²) in [5.41, 5.74) is 8.57. The molecule has 2 heterocycles. The maximum Gasteiger partial charge on any atom is 0.117 e. The number of fused-ring (bicyclic) bond motifs is 1. The minimum atomic E-state index is -0.00667. The normalized spacial score (nSPS) is 27.8. The molecule has 0 amide bonds. The second-order valence-electron chi connectivity index (χ2n) is 5.81. The Bertz CT molecular complexity index is 589. The zero-order chi connectivity index (χ0) is 13.5. The molecule has 19 heavy (non-hydrogen) atoms. The zero-order valence-electron chi connectivity index (χ0n) is 11.8. The van der Waals surface area contributed by atoms with Crippen molar-refractivity contribution in [2.75, 3.05) is 0 Å². The largest absolute Gasteiger partial charge is 0.328 e. The topological polar surface area (TPSA) is 56.7 Å². The standard InChI is InChI=1S/C15H22N4/c1-3-19-12-7-9-17-10-11(12)18-14(19)15(2)8-5-4-6-13(15)16/h7,9-10,13H,3-6,8,16H2,1-2H3. The van der Waals surface area contributed by atoms with E-state index in [2.05, 4.69) is 23.4 Å². The van der Waals surface area contributed by atoms with Crippen LogP contribution in [-0.4, -0.2) is 20.6 Å². The number of aromatic nitrogens is 3. The van der Waals surface area contributed by atoms with E-state index in [-0.39, 0.29) is 11.5 Å². The van der Waals surface area contributed by atoms with Crippen molar-refractivity contribution in [1.29, 1.82) is 0 Å². The predicted molar refractivity (Wildman–Crippen MR) is 77.0 cm³/mol. The Labute approximate surface area is 114 Å². The molecule has 0 bridgehead atoms. The highest BCUT2D eigenvalue weighted by molar-refractivity contribution is 5.75.